The molecule has 0 aromatic rings. The molecular weight excluding hydrogens is 128 g/mol. The van der Waals surface area contributed by atoms with E-state index in [1.807, 2.05) is 18.6 Å². The maximum atomic E-state index is 5.01. The molecule has 0 fully saturated rings. The number of ether oxygens (including phenoxy) is 2. The topological polar surface area (TPSA) is 18.5 Å². The van der Waals surface area contributed by atoms with Crippen LogP contribution < -0.4 is 0 Å². The predicted octanol–water partition coefficient (Wildman–Crippen LogP) is 1.65. The normalized spacial score (nSPS) is 17.4. The fourth-order valence-electron chi connectivity index (χ4n) is 0.834. The van der Waals surface area contributed by atoms with E-state index in [0.717, 1.165) is 17.9 Å². The first-order valence-corrected chi connectivity index (χ1v) is 3.20. The van der Waals surface area contributed by atoms with Crippen molar-refractivity contribution in [2.45, 2.75) is 6.42 Å². The molecule has 0 saturated heterocycles. The molecule has 0 aromatic heterocycles. The fraction of sp³-hybridized carbons (Fsp3) is 0.375. The Hall–Kier alpha value is -0.920. The van der Waals surface area contributed by atoms with Crippen molar-refractivity contribution in [3.05, 3.63) is 30.1 Å². The van der Waals surface area contributed by atoms with Gasteiger partial charge in [-0.25, -0.2) is 0 Å². The molecule has 1 aliphatic rings. The van der Waals surface area contributed by atoms with E-state index in [1.165, 1.54) is 0 Å². The van der Waals surface area contributed by atoms with Crippen LogP contribution in [0.25, 0.3) is 0 Å². The highest BCUT2D eigenvalue weighted by Crippen LogP contribution is 2.16. The van der Waals surface area contributed by atoms with Crippen molar-refractivity contribution in [1.29, 1.82) is 0 Å². The first kappa shape index (κ1) is 7.19. The van der Waals surface area contributed by atoms with Crippen LogP contribution in [0.15, 0.2) is 23.7 Å². The van der Waals surface area contributed by atoms with Crippen LogP contribution in [0.2, 0.25) is 0 Å². The third-order valence-electron chi connectivity index (χ3n) is 1.39. The molecule has 10 heavy (non-hydrogen) atoms. The fourth-order valence-corrected chi connectivity index (χ4v) is 0.834. The second-order valence-electron chi connectivity index (χ2n) is 2.00. The molecule has 0 bridgehead atoms. The monoisotopic (exact) mass is 139 g/mol. The van der Waals surface area contributed by atoms with Gasteiger partial charge < -0.3 is 9.47 Å². The Balaban J connectivity index is 2.61. The van der Waals surface area contributed by atoms with Crippen molar-refractivity contribution in [2.75, 3.05) is 14.2 Å². The van der Waals surface area contributed by atoms with Gasteiger partial charge in [-0.1, -0.05) is 0 Å². The molecular formula is C8H11O2. The van der Waals surface area contributed by atoms with Crippen LogP contribution in [-0.2, 0) is 9.47 Å². The first-order chi connectivity index (χ1) is 4.86. The molecule has 2 nitrogen and oxygen atoms in total. The maximum Gasteiger partial charge on any atom is 0.118 e. The summed E-state index contributed by atoms with van der Waals surface area (Å²) in [6.45, 7) is 0. The molecule has 0 atom stereocenters. The minimum atomic E-state index is 0.874. The van der Waals surface area contributed by atoms with Gasteiger partial charge in [0, 0.05) is 12.5 Å². The predicted molar refractivity (Wildman–Crippen MR) is 39.1 cm³/mol. The lowest BCUT2D eigenvalue weighted by Crippen LogP contribution is -1.96. The van der Waals surface area contributed by atoms with Gasteiger partial charge in [-0.05, 0) is 12.5 Å². The van der Waals surface area contributed by atoms with Crippen LogP contribution in [0.3, 0.4) is 0 Å². The molecule has 0 spiro atoms. The van der Waals surface area contributed by atoms with E-state index in [-0.39, 0.29) is 0 Å². The summed E-state index contributed by atoms with van der Waals surface area (Å²) in [5.41, 5.74) is 0. The smallest absolute Gasteiger partial charge is 0.118 e. The van der Waals surface area contributed by atoms with Crippen LogP contribution >= 0.6 is 0 Å². The Morgan fingerprint density at radius 1 is 1.20 bits per heavy atom. The molecule has 1 aliphatic carbocycles. The molecule has 0 heterocycles. The van der Waals surface area contributed by atoms with Gasteiger partial charge in [0.05, 0.1) is 14.2 Å². The van der Waals surface area contributed by atoms with Gasteiger partial charge in [0.1, 0.15) is 11.5 Å². The summed E-state index contributed by atoms with van der Waals surface area (Å²) in [7, 11) is 3.31. The van der Waals surface area contributed by atoms with Gasteiger partial charge in [-0.15, -0.1) is 0 Å². The van der Waals surface area contributed by atoms with Crippen molar-refractivity contribution < 1.29 is 9.47 Å². The second-order valence-corrected chi connectivity index (χ2v) is 2.00. The number of hydrogen-bond acceptors (Lipinski definition) is 2. The number of rotatable bonds is 2. The minimum absolute atomic E-state index is 0.874. The highest BCUT2D eigenvalue weighted by atomic mass is 16.5. The summed E-state index contributed by atoms with van der Waals surface area (Å²) in [4.78, 5) is 0. The number of hydrogen-bond donors (Lipinski definition) is 0. The third kappa shape index (κ3) is 1.53. The maximum absolute atomic E-state index is 5.01. The third-order valence-corrected chi connectivity index (χ3v) is 1.39. The molecule has 2 heteroatoms. The lowest BCUT2D eigenvalue weighted by molar-refractivity contribution is 0.274. The van der Waals surface area contributed by atoms with E-state index in [0.29, 0.717) is 0 Å². The van der Waals surface area contributed by atoms with Crippen molar-refractivity contribution in [2.24, 2.45) is 0 Å². The largest absolute Gasteiger partial charge is 0.501 e. The zero-order chi connectivity index (χ0) is 7.40. The van der Waals surface area contributed by atoms with Crippen molar-refractivity contribution in [1.82, 2.24) is 0 Å². The van der Waals surface area contributed by atoms with E-state index in [9.17, 15) is 0 Å². The number of methoxy groups -OCH3 is 2. The van der Waals surface area contributed by atoms with E-state index < -0.39 is 0 Å². The molecule has 0 unspecified atom stereocenters. The molecule has 0 N–H and O–H groups in total. The van der Waals surface area contributed by atoms with E-state index in [1.54, 1.807) is 14.2 Å². The average Bonchev–Trinajstić information content (AvgIpc) is 2.05. The molecule has 0 aromatic carbocycles. The van der Waals surface area contributed by atoms with E-state index in [2.05, 4.69) is 0 Å². The summed E-state index contributed by atoms with van der Waals surface area (Å²) in [5.74, 6) is 1.75. The Morgan fingerprint density at radius 2 is 1.90 bits per heavy atom. The second kappa shape index (κ2) is 3.30. The standard InChI is InChI=1S/C8H11O2/c1-9-7-4-3-5-8(6-7)10-2/h4-6H,3H2,1-2H3. The summed E-state index contributed by atoms with van der Waals surface area (Å²) in [5, 5.41) is 0. The van der Waals surface area contributed by atoms with Crippen LogP contribution in [0.5, 0.6) is 0 Å². The van der Waals surface area contributed by atoms with Crippen molar-refractivity contribution >= 4 is 0 Å². The summed E-state index contributed by atoms with van der Waals surface area (Å²) >= 11 is 0. The van der Waals surface area contributed by atoms with E-state index in [4.69, 9.17) is 9.47 Å². The van der Waals surface area contributed by atoms with E-state index >= 15 is 0 Å². The number of allylic oxidation sites excluding steroid dienone is 3. The Morgan fingerprint density at radius 3 is 2.50 bits per heavy atom. The zero-order valence-electron chi connectivity index (χ0n) is 6.26. The minimum Gasteiger partial charge on any atom is -0.501 e. The Kier molecular flexibility index (Phi) is 2.37. The van der Waals surface area contributed by atoms with Gasteiger partial charge in [-0.2, -0.15) is 0 Å². The Labute approximate surface area is 61.1 Å². The average molecular weight is 139 g/mol. The van der Waals surface area contributed by atoms with Crippen molar-refractivity contribution in [3.63, 3.8) is 0 Å². The van der Waals surface area contributed by atoms with Crippen LogP contribution in [0, 0.1) is 6.42 Å². The molecule has 1 rings (SSSR count). The van der Waals surface area contributed by atoms with Gasteiger partial charge >= 0.3 is 0 Å². The van der Waals surface area contributed by atoms with Crippen LogP contribution in [0.1, 0.15) is 6.42 Å². The SMILES string of the molecule is COC1=CC(OC)=CC[CH]1. The Bertz CT molecular complexity index is 168. The summed E-state index contributed by atoms with van der Waals surface area (Å²) in [6.07, 6.45) is 6.76. The molecule has 0 saturated carbocycles. The lowest BCUT2D eigenvalue weighted by atomic mass is 10.1. The van der Waals surface area contributed by atoms with Gasteiger partial charge in [0.2, 0.25) is 0 Å². The van der Waals surface area contributed by atoms with Gasteiger partial charge in [-0.3, -0.25) is 0 Å². The highest BCUT2D eigenvalue weighted by Gasteiger charge is 2.04. The molecule has 1 radical (unpaired) electrons. The molecule has 0 aliphatic heterocycles. The highest BCUT2D eigenvalue weighted by molar-refractivity contribution is 5.26. The lowest BCUT2D eigenvalue weighted by Gasteiger charge is -2.10. The summed E-state index contributed by atoms with van der Waals surface area (Å²) in [6, 6.07) is 0. The van der Waals surface area contributed by atoms with Gasteiger partial charge in [0.15, 0.2) is 0 Å². The molecule has 0 amide bonds. The summed E-state index contributed by atoms with van der Waals surface area (Å²) < 4.78 is 10.0. The van der Waals surface area contributed by atoms with Crippen LogP contribution in [-0.4, -0.2) is 14.2 Å². The van der Waals surface area contributed by atoms with Gasteiger partial charge in [0.25, 0.3) is 0 Å². The quantitative estimate of drug-likeness (QED) is 0.579. The van der Waals surface area contributed by atoms with Crippen LogP contribution in [0.4, 0.5) is 0 Å². The molecule has 55 valence electrons. The van der Waals surface area contributed by atoms with Crippen molar-refractivity contribution in [3.8, 4) is 0 Å². The zero-order valence-corrected chi connectivity index (χ0v) is 6.26. The first-order valence-electron chi connectivity index (χ1n) is 3.20.